The molecule has 1 aromatic heterocycles. The minimum Gasteiger partial charge on any atom is -0.493 e. The van der Waals surface area contributed by atoms with Crippen molar-refractivity contribution in [3.05, 3.63) is 47.4 Å². The summed E-state index contributed by atoms with van der Waals surface area (Å²) < 4.78 is 15.9. The first-order valence-electron chi connectivity index (χ1n) is 6.25. The Kier molecular flexibility index (Phi) is 4.12. The Morgan fingerprint density at radius 3 is 2.53 bits per heavy atom. The van der Waals surface area contributed by atoms with Crippen LogP contribution >= 0.6 is 0 Å². The van der Waals surface area contributed by atoms with Gasteiger partial charge in [-0.2, -0.15) is 0 Å². The van der Waals surface area contributed by atoms with Gasteiger partial charge in [-0.1, -0.05) is 13.0 Å². The first-order valence-corrected chi connectivity index (χ1v) is 6.25. The van der Waals surface area contributed by atoms with Gasteiger partial charge in [-0.15, -0.1) is 0 Å². The lowest BCUT2D eigenvalue weighted by Crippen LogP contribution is -2.13. The molecule has 19 heavy (non-hydrogen) atoms. The number of aryl methyl sites for hydroxylation is 1. The molecule has 0 spiro atoms. The first-order chi connectivity index (χ1) is 9.21. The van der Waals surface area contributed by atoms with Crippen LogP contribution in [-0.4, -0.2) is 14.2 Å². The summed E-state index contributed by atoms with van der Waals surface area (Å²) >= 11 is 0. The number of ether oxygens (including phenoxy) is 2. The molecule has 1 heterocycles. The SMILES string of the molecule is CCc1occc1C(N)c1ccc(OC)c(OC)c1. The zero-order valence-electron chi connectivity index (χ0n) is 11.5. The van der Waals surface area contributed by atoms with E-state index in [2.05, 4.69) is 0 Å². The third-order valence-electron chi connectivity index (χ3n) is 3.20. The number of methoxy groups -OCH3 is 2. The number of hydrogen-bond donors (Lipinski definition) is 1. The molecular weight excluding hydrogens is 242 g/mol. The van der Waals surface area contributed by atoms with E-state index in [-0.39, 0.29) is 6.04 Å². The molecule has 0 fully saturated rings. The van der Waals surface area contributed by atoms with Gasteiger partial charge in [0.15, 0.2) is 11.5 Å². The van der Waals surface area contributed by atoms with Crippen LogP contribution in [0.1, 0.15) is 29.9 Å². The number of nitrogens with two attached hydrogens (primary N) is 1. The molecule has 2 rings (SSSR count). The van der Waals surface area contributed by atoms with Crippen LogP contribution in [0.2, 0.25) is 0 Å². The van der Waals surface area contributed by atoms with Crippen LogP contribution in [0.5, 0.6) is 11.5 Å². The molecule has 0 aliphatic carbocycles. The van der Waals surface area contributed by atoms with Crippen molar-refractivity contribution in [3.8, 4) is 11.5 Å². The van der Waals surface area contributed by atoms with E-state index in [1.165, 1.54) is 0 Å². The van der Waals surface area contributed by atoms with Crippen molar-refractivity contribution in [2.24, 2.45) is 5.73 Å². The van der Waals surface area contributed by atoms with Crippen molar-refractivity contribution in [3.63, 3.8) is 0 Å². The van der Waals surface area contributed by atoms with Crippen molar-refractivity contribution >= 4 is 0 Å². The highest BCUT2D eigenvalue weighted by atomic mass is 16.5. The maximum absolute atomic E-state index is 6.30. The lowest BCUT2D eigenvalue weighted by molar-refractivity contribution is 0.354. The molecule has 1 atom stereocenters. The second-order valence-electron chi connectivity index (χ2n) is 4.24. The molecule has 2 N–H and O–H groups in total. The summed E-state index contributed by atoms with van der Waals surface area (Å²) in [5, 5.41) is 0. The third kappa shape index (κ3) is 2.58. The summed E-state index contributed by atoms with van der Waals surface area (Å²) in [7, 11) is 3.23. The maximum Gasteiger partial charge on any atom is 0.161 e. The number of rotatable bonds is 5. The Hall–Kier alpha value is -1.94. The standard InChI is InChI=1S/C15H19NO3/c1-4-12-11(7-8-19-12)15(16)10-5-6-13(17-2)14(9-10)18-3/h5-9,15H,4,16H2,1-3H3. The van der Waals surface area contributed by atoms with Crippen LogP contribution in [0.25, 0.3) is 0 Å². The highest BCUT2D eigenvalue weighted by Gasteiger charge is 2.16. The van der Waals surface area contributed by atoms with Crippen molar-refractivity contribution in [1.29, 1.82) is 0 Å². The van der Waals surface area contributed by atoms with Crippen LogP contribution in [0.3, 0.4) is 0 Å². The average molecular weight is 261 g/mol. The third-order valence-corrected chi connectivity index (χ3v) is 3.20. The molecule has 1 unspecified atom stereocenters. The zero-order chi connectivity index (χ0) is 13.8. The Bertz CT molecular complexity index is 548. The summed E-state index contributed by atoms with van der Waals surface area (Å²) in [6.45, 7) is 2.05. The summed E-state index contributed by atoms with van der Waals surface area (Å²) in [4.78, 5) is 0. The topological polar surface area (TPSA) is 57.6 Å². The Morgan fingerprint density at radius 1 is 1.16 bits per heavy atom. The van der Waals surface area contributed by atoms with Crippen molar-refractivity contribution in [2.75, 3.05) is 14.2 Å². The monoisotopic (exact) mass is 261 g/mol. The van der Waals surface area contributed by atoms with Gasteiger partial charge in [0, 0.05) is 12.0 Å². The average Bonchev–Trinajstić information content (AvgIpc) is 2.94. The molecule has 0 amide bonds. The molecule has 102 valence electrons. The Morgan fingerprint density at radius 2 is 1.89 bits per heavy atom. The van der Waals surface area contributed by atoms with E-state index in [1.54, 1.807) is 20.5 Å². The van der Waals surface area contributed by atoms with Gasteiger partial charge in [0.1, 0.15) is 5.76 Å². The van der Waals surface area contributed by atoms with Crippen LogP contribution in [0.4, 0.5) is 0 Å². The van der Waals surface area contributed by atoms with Gasteiger partial charge in [-0.05, 0) is 23.8 Å². The maximum atomic E-state index is 6.30. The highest BCUT2D eigenvalue weighted by Crippen LogP contribution is 2.32. The van der Waals surface area contributed by atoms with Gasteiger partial charge in [0.2, 0.25) is 0 Å². The lowest BCUT2D eigenvalue weighted by Gasteiger charge is -2.15. The molecule has 0 radical (unpaired) electrons. The van der Waals surface area contributed by atoms with Crippen molar-refractivity contribution in [1.82, 2.24) is 0 Å². The summed E-state index contributed by atoms with van der Waals surface area (Å²) in [6.07, 6.45) is 2.50. The van der Waals surface area contributed by atoms with Crippen molar-refractivity contribution < 1.29 is 13.9 Å². The fraction of sp³-hybridized carbons (Fsp3) is 0.333. The Labute approximate surface area is 113 Å². The van der Waals surface area contributed by atoms with Gasteiger partial charge in [-0.3, -0.25) is 0 Å². The summed E-state index contributed by atoms with van der Waals surface area (Å²) in [6, 6.07) is 7.39. The predicted octanol–water partition coefficient (Wildman–Crippen LogP) is 2.91. The van der Waals surface area contributed by atoms with E-state index < -0.39 is 0 Å². The fourth-order valence-electron chi connectivity index (χ4n) is 2.14. The first kappa shape index (κ1) is 13.5. The van der Waals surface area contributed by atoms with Gasteiger partial charge in [0.25, 0.3) is 0 Å². The molecule has 0 saturated carbocycles. The Balaban J connectivity index is 2.36. The van der Waals surface area contributed by atoms with E-state index in [4.69, 9.17) is 19.6 Å². The van der Waals surface area contributed by atoms with Gasteiger partial charge in [0.05, 0.1) is 26.5 Å². The minimum atomic E-state index is -0.228. The van der Waals surface area contributed by atoms with Gasteiger partial charge >= 0.3 is 0 Å². The molecule has 0 aliphatic heterocycles. The molecule has 0 bridgehead atoms. The molecular formula is C15H19NO3. The number of hydrogen-bond acceptors (Lipinski definition) is 4. The summed E-state index contributed by atoms with van der Waals surface area (Å²) in [5.41, 5.74) is 8.27. The smallest absolute Gasteiger partial charge is 0.161 e. The van der Waals surface area contributed by atoms with Gasteiger partial charge in [-0.25, -0.2) is 0 Å². The second-order valence-corrected chi connectivity index (χ2v) is 4.24. The van der Waals surface area contributed by atoms with E-state index in [0.29, 0.717) is 11.5 Å². The fourth-order valence-corrected chi connectivity index (χ4v) is 2.14. The number of benzene rings is 1. The normalized spacial score (nSPS) is 12.2. The van der Waals surface area contributed by atoms with Crippen LogP contribution in [0.15, 0.2) is 34.9 Å². The van der Waals surface area contributed by atoms with E-state index in [0.717, 1.165) is 23.3 Å². The van der Waals surface area contributed by atoms with E-state index >= 15 is 0 Å². The summed E-state index contributed by atoms with van der Waals surface area (Å²) in [5.74, 6) is 2.29. The number of furan rings is 1. The molecule has 0 aliphatic rings. The molecule has 2 aromatic rings. The zero-order valence-corrected chi connectivity index (χ0v) is 11.5. The van der Waals surface area contributed by atoms with Crippen molar-refractivity contribution in [2.45, 2.75) is 19.4 Å². The largest absolute Gasteiger partial charge is 0.493 e. The lowest BCUT2D eigenvalue weighted by atomic mass is 9.99. The van der Waals surface area contributed by atoms with Gasteiger partial charge < -0.3 is 19.6 Å². The van der Waals surface area contributed by atoms with E-state index in [1.807, 2.05) is 31.2 Å². The van der Waals surface area contributed by atoms with Crippen LogP contribution in [-0.2, 0) is 6.42 Å². The minimum absolute atomic E-state index is 0.228. The highest BCUT2D eigenvalue weighted by molar-refractivity contribution is 5.46. The molecule has 1 aromatic carbocycles. The van der Waals surface area contributed by atoms with Crippen LogP contribution in [0, 0.1) is 0 Å². The molecule has 0 saturated heterocycles. The van der Waals surface area contributed by atoms with E-state index in [9.17, 15) is 0 Å². The predicted molar refractivity (Wildman–Crippen MR) is 73.7 cm³/mol. The molecule has 4 nitrogen and oxygen atoms in total. The van der Waals surface area contributed by atoms with Crippen LogP contribution < -0.4 is 15.2 Å². The molecule has 4 heteroatoms. The second kappa shape index (κ2) is 5.80. The quantitative estimate of drug-likeness (QED) is 0.899.